The van der Waals surface area contributed by atoms with Gasteiger partial charge in [-0.05, 0) is 31.5 Å². The third kappa shape index (κ3) is 7.28. The lowest BCUT2D eigenvalue weighted by atomic mass is 9.80. The van der Waals surface area contributed by atoms with Crippen molar-refractivity contribution >= 4 is 35.1 Å². The molecule has 3 aliphatic heterocycles. The van der Waals surface area contributed by atoms with Crippen LogP contribution in [0.15, 0.2) is 40.7 Å². The van der Waals surface area contributed by atoms with Crippen LogP contribution in [-0.2, 0) is 28.5 Å². The van der Waals surface area contributed by atoms with E-state index in [0.29, 0.717) is 77.7 Å². The molecule has 0 aromatic heterocycles. The highest BCUT2D eigenvalue weighted by Crippen LogP contribution is 2.42. The molecule has 0 spiro atoms. The summed E-state index contributed by atoms with van der Waals surface area (Å²) in [5, 5.41) is 3.99. The molecule has 11 heteroatoms. The van der Waals surface area contributed by atoms with E-state index in [0.717, 1.165) is 26.2 Å². The van der Waals surface area contributed by atoms with Gasteiger partial charge in [-0.25, -0.2) is 9.59 Å². The second-order valence-electron chi connectivity index (χ2n) is 9.48. The average molecular weight is 568 g/mol. The molecule has 0 bridgehead atoms. The Morgan fingerprint density at radius 2 is 1.34 bits per heavy atom. The molecule has 2 saturated heterocycles. The maximum absolute atomic E-state index is 13.5. The molecule has 3 heterocycles. The molecule has 38 heavy (non-hydrogen) atoms. The van der Waals surface area contributed by atoms with Crippen LogP contribution < -0.4 is 5.32 Å². The molecular weight excluding hydrogens is 533 g/mol. The van der Waals surface area contributed by atoms with Crippen LogP contribution in [0.3, 0.4) is 0 Å². The standard InChI is InChI=1S/C27H35Cl2N3O6/c1-18-23(26(33)37-15-9-31-5-11-35-12-6-31)25(21-4-3-20(28)17-22(21)29)24(19(2)30-18)27(34)38-16-10-32-7-13-36-14-8-32/h3-4,17,25,30H,5-16H2,1-2H3. The van der Waals surface area contributed by atoms with E-state index in [1.807, 2.05) is 0 Å². The normalized spacial score (nSPS) is 19.9. The lowest BCUT2D eigenvalue weighted by Gasteiger charge is -2.32. The number of ether oxygens (including phenoxy) is 4. The number of morpholine rings is 2. The first-order valence-corrected chi connectivity index (χ1v) is 13.7. The van der Waals surface area contributed by atoms with Gasteiger partial charge in [0.1, 0.15) is 13.2 Å². The van der Waals surface area contributed by atoms with E-state index in [1.54, 1.807) is 32.0 Å². The van der Waals surface area contributed by atoms with Crippen LogP contribution in [0, 0.1) is 0 Å². The van der Waals surface area contributed by atoms with Gasteiger partial charge in [-0.1, -0.05) is 29.3 Å². The predicted molar refractivity (Wildman–Crippen MR) is 144 cm³/mol. The van der Waals surface area contributed by atoms with Crippen molar-refractivity contribution in [1.29, 1.82) is 0 Å². The number of dihydropyridines is 1. The van der Waals surface area contributed by atoms with Crippen LogP contribution in [0.25, 0.3) is 0 Å². The SMILES string of the molecule is CC1=C(C(=O)OCCN2CCOCC2)C(c2ccc(Cl)cc2Cl)C(C(=O)OCCN2CCOCC2)=C(C)N1. The average Bonchev–Trinajstić information content (AvgIpc) is 2.89. The Kier molecular flexibility index (Phi) is 10.5. The minimum absolute atomic E-state index is 0.221. The van der Waals surface area contributed by atoms with Crippen molar-refractivity contribution in [2.75, 3.05) is 78.9 Å². The lowest BCUT2D eigenvalue weighted by Crippen LogP contribution is -2.39. The highest BCUT2D eigenvalue weighted by molar-refractivity contribution is 6.35. The molecule has 1 aromatic rings. The molecule has 0 unspecified atom stereocenters. The van der Waals surface area contributed by atoms with E-state index < -0.39 is 17.9 Å². The second kappa shape index (κ2) is 13.8. The third-order valence-electron chi connectivity index (χ3n) is 6.96. The summed E-state index contributed by atoms with van der Waals surface area (Å²) in [4.78, 5) is 31.3. The molecule has 0 saturated carbocycles. The number of esters is 2. The van der Waals surface area contributed by atoms with Gasteiger partial charge in [0, 0.05) is 60.7 Å². The first-order valence-electron chi connectivity index (χ1n) is 12.9. The molecule has 9 nitrogen and oxygen atoms in total. The molecule has 0 amide bonds. The fraction of sp³-hybridized carbons (Fsp3) is 0.556. The summed E-state index contributed by atoms with van der Waals surface area (Å²) in [6, 6.07) is 5.04. The second-order valence-corrected chi connectivity index (χ2v) is 10.3. The number of nitrogens with zero attached hydrogens (tertiary/aromatic N) is 2. The summed E-state index contributed by atoms with van der Waals surface area (Å²) >= 11 is 12.8. The first kappa shape index (κ1) is 28.9. The van der Waals surface area contributed by atoms with Gasteiger partial charge in [0.25, 0.3) is 0 Å². The van der Waals surface area contributed by atoms with Gasteiger partial charge in [0.2, 0.25) is 0 Å². The molecule has 1 aromatic carbocycles. The molecule has 0 radical (unpaired) electrons. The number of hydrogen-bond donors (Lipinski definition) is 1. The molecule has 3 aliphatic rings. The number of halogens is 2. The van der Waals surface area contributed by atoms with Crippen molar-refractivity contribution in [3.05, 3.63) is 56.3 Å². The highest BCUT2D eigenvalue weighted by Gasteiger charge is 2.39. The monoisotopic (exact) mass is 567 g/mol. The van der Waals surface area contributed by atoms with Gasteiger partial charge < -0.3 is 24.3 Å². The summed E-state index contributed by atoms with van der Waals surface area (Å²) in [6.45, 7) is 11.1. The van der Waals surface area contributed by atoms with Crippen LogP contribution in [-0.4, -0.2) is 101 Å². The minimum atomic E-state index is -0.771. The van der Waals surface area contributed by atoms with Crippen LogP contribution >= 0.6 is 23.2 Å². The van der Waals surface area contributed by atoms with E-state index in [2.05, 4.69) is 15.1 Å². The molecule has 4 rings (SSSR count). The smallest absolute Gasteiger partial charge is 0.336 e. The molecule has 1 N–H and O–H groups in total. The number of allylic oxidation sites excluding steroid dienone is 2. The van der Waals surface area contributed by atoms with Crippen LogP contribution in [0.2, 0.25) is 10.0 Å². The number of carbonyl (C=O) groups excluding carboxylic acids is 2. The fourth-order valence-corrected chi connectivity index (χ4v) is 5.44. The Labute approximate surface area is 233 Å². The Bertz CT molecular complexity index is 1020. The summed E-state index contributed by atoms with van der Waals surface area (Å²) in [6.07, 6.45) is 0. The van der Waals surface area contributed by atoms with Crippen molar-refractivity contribution in [1.82, 2.24) is 15.1 Å². The van der Waals surface area contributed by atoms with Gasteiger partial charge in [-0.3, -0.25) is 9.80 Å². The maximum Gasteiger partial charge on any atom is 0.336 e. The predicted octanol–water partition coefficient (Wildman–Crippen LogP) is 2.98. The minimum Gasteiger partial charge on any atom is -0.461 e. The van der Waals surface area contributed by atoms with Crippen molar-refractivity contribution in [2.24, 2.45) is 0 Å². The Hall–Kier alpha value is -2.14. The van der Waals surface area contributed by atoms with Gasteiger partial charge in [0.05, 0.1) is 43.5 Å². The lowest BCUT2D eigenvalue weighted by molar-refractivity contribution is -0.140. The van der Waals surface area contributed by atoms with Crippen molar-refractivity contribution in [3.8, 4) is 0 Å². The summed E-state index contributed by atoms with van der Waals surface area (Å²) < 4.78 is 22.2. The molecule has 0 atom stereocenters. The van der Waals surface area contributed by atoms with E-state index in [4.69, 9.17) is 42.1 Å². The summed E-state index contributed by atoms with van der Waals surface area (Å²) in [5.74, 6) is -1.79. The van der Waals surface area contributed by atoms with E-state index in [-0.39, 0.29) is 13.2 Å². The number of nitrogens with one attached hydrogen (secondary N) is 1. The van der Waals surface area contributed by atoms with Crippen LogP contribution in [0.1, 0.15) is 25.3 Å². The molecule has 2 fully saturated rings. The van der Waals surface area contributed by atoms with Crippen LogP contribution in [0.4, 0.5) is 0 Å². The maximum atomic E-state index is 13.5. The Morgan fingerprint density at radius 1 is 0.868 bits per heavy atom. The molecule has 208 valence electrons. The molecule has 0 aliphatic carbocycles. The largest absolute Gasteiger partial charge is 0.461 e. The van der Waals surface area contributed by atoms with Crippen molar-refractivity contribution in [2.45, 2.75) is 19.8 Å². The zero-order chi connectivity index (χ0) is 27.1. The quantitative estimate of drug-likeness (QED) is 0.452. The molecular formula is C27H35Cl2N3O6. The number of benzene rings is 1. The van der Waals surface area contributed by atoms with E-state index >= 15 is 0 Å². The van der Waals surface area contributed by atoms with E-state index in [9.17, 15) is 9.59 Å². The van der Waals surface area contributed by atoms with E-state index in [1.165, 1.54) is 0 Å². The Balaban J connectivity index is 1.54. The Morgan fingerprint density at radius 3 is 1.79 bits per heavy atom. The summed E-state index contributed by atoms with van der Waals surface area (Å²) in [7, 11) is 0. The van der Waals surface area contributed by atoms with Crippen molar-refractivity contribution < 1.29 is 28.5 Å². The topological polar surface area (TPSA) is 89.6 Å². The zero-order valence-electron chi connectivity index (χ0n) is 21.9. The fourth-order valence-electron chi connectivity index (χ4n) is 4.92. The number of hydrogen-bond acceptors (Lipinski definition) is 9. The van der Waals surface area contributed by atoms with Gasteiger partial charge in [-0.2, -0.15) is 0 Å². The van der Waals surface area contributed by atoms with Crippen LogP contribution in [0.5, 0.6) is 0 Å². The number of carbonyl (C=O) groups is 2. The van der Waals surface area contributed by atoms with Gasteiger partial charge in [-0.15, -0.1) is 0 Å². The first-order chi connectivity index (χ1) is 18.3. The highest BCUT2D eigenvalue weighted by atomic mass is 35.5. The van der Waals surface area contributed by atoms with Crippen molar-refractivity contribution in [3.63, 3.8) is 0 Å². The number of rotatable bonds is 9. The third-order valence-corrected chi connectivity index (χ3v) is 7.52. The van der Waals surface area contributed by atoms with Gasteiger partial charge in [0.15, 0.2) is 0 Å². The van der Waals surface area contributed by atoms with Gasteiger partial charge >= 0.3 is 11.9 Å². The zero-order valence-corrected chi connectivity index (χ0v) is 23.4. The summed E-state index contributed by atoms with van der Waals surface area (Å²) in [5.41, 5.74) is 2.42.